The summed E-state index contributed by atoms with van der Waals surface area (Å²) >= 11 is 1.43. The Morgan fingerprint density at radius 1 is 1.36 bits per heavy atom. The third-order valence-corrected chi connectivity index (χ3v) is 4.59. The molecule has 8 heteroatoms. The van der Waals surface area contributed by atoms with E-state index in [1.165, 1.54) is 18.1 Å². The molecule has 0 spiro atoms. The predicted molar refractivity (Wildman–Crippen MR) is 83.6 cm³/mol. The summed E-state index contributed by atoms with van der Waals surface area (Å²) in [5.41, 5.74) is 0.776. The van der Waals surface area contributed by atoms with Crippen LogP contribution in [0.25, 0.3) is 11.0 Å². The lowest BCUT2D eigenvalue weighted by Crippen LogP contribution is -2.48. The molecule has 2 aromatic heterocycles. The lowest BCUT2D eigenvalue weighted by atomic mass is 10.2. The number of aromatic nitrogens is 4. The lowest BCUT2D eigenvalue weighted by Gasteiger charge is -2.35. The molecule has 1 saturated heterocycles. The molecule has 0 aliphatic carbocycles. The van der Waals surface area contributed by atoms with Gasteiger partial charge in [0.15, 0.2) is 5.65 Å². The van der Waals surface area contributed by atoms with Gasteiger partial charge in [-0.15, -0.1) is 0 Å². The largest absolute Gasteiger partial charge is 0.372 e. The van der Waals surface area contributed by atoms with Crippen molar-refractivity contribution in [3.8, 4) is 0 Å². The average Bonchev–Trinajstić information content (AvgIpc) is 2.86. The van der Waals surface area contributed by atoms with E-state index in [4.69, 9.17) is 4.74 Å². The van der Waals surface area contributed by atoms with Crippen LogP contribution in [0.4, 0.5) is 0 Å². The second-order valence-corrected chi connectivity index (χ2v) is 6.49. The number of nitrogens with zero attached hydrogens (tertiary/aromatic N) is 5. The first-order chi connectivity index (χ1) is 10.5. The molecule has 2 aromatic rings. The van der Waals surface area contributed by atoms with Gasteiger partial charge in [-0.05, 0) is 13.8 Å². The van der Waals surface area contributed by atoms with Gasteiger partial charge in [0.05, 0.1) is 29.5 Å². The number of carbonyl (C=O) groups is 1. The molecule has 2 atom stereocenters. The van der Waals surface area contributed by atoms with Crippen LogP contribution in [0.1, 0.15) is 13.8 Å². The smallest absolute Gasteiger partial charge is 0.233 e. The molecule has 22 heavy (non-hydrogen) atoms. The number of thioether (sulfide) groups is 1. The topological polar surface area (TPSA) is 73.1 Å². The zero-order chi connectivity index (χ0) is 15.7. The van der Waals surface area contributed by atoms with E-state index in [1.807, 2.05) is 25.8 Å². The van der Waals surface area contributed by atoms with E-state index < -0.39 is 0 Å². The van der Waals surface area contributed by atoms with Crippen molar-refractivity contribution >= 4 is 28.7 Å². The Kier molecular flexibility index (Phi) is 4.30. The van der Waals surface area contributed by atoms with Crippen LogP contribution in [0.15, 0.2) is 17.6 Å². The van der Waals surface area contributed by atoms with E-state index in [-0.39, 0.29) is 18.1 Å². The highest BCUT2D eigenvalue weighted by Gasteiger charge is 2.26. The van der Waals surface area contributed by atoms with Crippen molar-refractivity contribution < 1.29 is 9.53 Å². The molecule has 118 valence electrons. The Balaban J connectivity index is 1.67. The fraction of sp³-hybridized carbons (Fsp3) is 0.571. The summed E-state index contributed by atoms with van der Waals surface area (Å²) in [4.78, 5) is 22.7. The van der Waals surface area contributed by atoms with Crippen LogP contribution in [0.5, 0.6) is 0 Å². The minimum atomic E-state index is 0.0850. The predicted octanol–water partition coefficient (Wildman–Crippen LogP) is 1.09. The van der Waals surface area contributed by atoms with Crippen molar-refractivity contribution in [1.29, 1.82) is 0 Å². The monoisotopic (exact) mass is 321 g/mol. The lowest BCUT2D eigenvalue weighted by molar-refractivity contribution is -0.140. The fourth-order valence-electron chi connectivity index (χ4n) is 2.66. The summed E-state index contributed by atoms with van der Waals surface area (Å²) in [5.74, 6) is 0.475. The Labute approximate surface area is 133 Å². The third kappa shape index (κ3) is 3.07. The number of aryl methyl sites for hydroxylation is 1. The maximum Gasteiger partial charge on any atom is 0.233 e. The molecular weight excluding hydrogens is 302 g/mol. The fourth-order valence-corrected chi connectivity index (χ4v) is 3.52. The summed E-state index contributed by atoms with van der Waals surface area (Å²) in [7, 11) is 1.84. The Hall–Kier alpha value is -1.67. The molecule has 1 aliphatic rings. The number of hydrogen-bond donors (Lipinski definition) is 0. The first-order valence-corrected chi connectivity index (χ1v) is 8.22. The second kappa shape index (κ2) is 6.21. The summed E-state index contributed by atoms with van der Waals surface area (Å²) in [6.45, 7) is 5.28. The van der Waals surface area contributed by atoms with Gasteiger partial charge in [-0.25, -0.2) is 9.97 Å². The van der Waals surface area contributed by atoms with Crippen LogP contribution in [0.2, 0.25) is 0 Å². The first kappa shape index (κ1) is 15.2. The van der Waals surface area contributed by atoms with Gasteiger partial charge in [-0.2, -0.15) is 5.10 Å². The van der Waals surface area contributed by atoms with Gasteiger partial charge in [0, 0.05) is 20.1 Å². The standard InChI is InChI=1S/C14H19N5O2S/c1-9-5-19(6-10(2)21-9)12(20)7-22-14-11-4-17-18(3)13(11)15-8-16-14/h4,8-10H,5-7H2,1-3H3/t9-,10-/m1/s1. The van der Waals surface area contributed by atoms with E-state index in [0.717, 1.165) is 16.1 Å². The van der Waals surface area contributed by atoms with Crippen molar-refractivity contribution in [3.63, 3.8) is 0 Å². The first-order valence-electron chi connectivity index (χ1n) is 7.23. The third-order valence-electron chi connectivity index (χ3n) is 3.60. The van der Waals surface area contributed by atoms with Gasteiger partial charge < -0.3 is 9.64 Å². The molecule has 0 radical (unpaired) electrons. The van der Waals surface area contributed by atoms with Crippen molar-refractivity contribution in [2.75, 3.05) is 18.8 Å². The average molecular weight is 321 g/mol. The SMILES string of the molecule is C[C@@H]1CN(C(=O)CSc2ncnc3c2cnn3C)C[C@@H](C)O1. The summed E-state index contributed by atoms with van der Waals surface area (Å²) < 4.78 is 7.36. The number of ether oxygens (including phenoxy) is 1. The molecule has 7 nitrogen and oxygen atoms in total. The van der Waals surface area contributed by atoms with Crippen LogP contribution < -0.4 is 0 Å². The molecule has 0 saturated carbocycles. The number of amides is 1. The Bertz CT molecular complexity index is 679. The molecule has 0 aromatic carbocycles. The van der Waals surface area contributed by atoms with Crippen LogP contribution in [0, 0.1) is 0 Å². The highest BCUT2D eigenvalue weighted by atomic mass is 32.2. The Morgan fingerprint density at radius 3 is 2.82 bits per heavy atom. The number of hydrogen-bond acceptors (Lipinski definition) is 6. The van der Waals surface area contributed by atoms with Gasteiger partial charge in [-0.1, -0.05) is 11.8 Å². The van der Waals surface area contributed by atoms with Gasteiger partial charge in [-0.3, -0.25) is 9.48 Å². The summed E-state index contributed by atoms with van der Waals surface area (Å²) in [5, 5.41) is 5.86. The van der Waals surface area contributed by atoms with Crippen molar-refractivity contribution in [3.05, 3.63) is 12.5 Å². The zero-order valence-corrected chi connectivity index (χ0v) is 13.7. The molecule has 1 amide bonds. The molecular formula is C14H19N5O2S. The van der Waals surface area contributed by atoms with Gasteiger partial charge >= 0.3 is 0 Å². The maximum absolute atomic E-state index is 12.4. The maximum atomic E-state index is 12.4. The van der Waals surface area contributed by atoms with Gasteiger partial charge in [0.25, 0.3) is 0 Å². The van der Waals surface area contributed by atoms with Crippen LogP contribution in [-0.2, 0) is 16.6 Å². The summed E-state index contributed by atoms with van der Waals surface area (Å²) in [6.07, 6.45) is 3.42. The molecule has 3 heterocycles. The van der Waals surface area contributed by atoms with E-state index in [9.17, 15) is 4.79 Å². The second-order valence-electron chi connectivity index (χ2n) is 5.53. The highest BCUT2D eigenvalue weighted by molar-refractivity contribution is 8.00. The van der Waals surface area contributed by atoms with Gasteiger partial charge in [0.1, 0.15) is 11.4 Å². The molecule has 0 N–H and O–H groups in total. The van der Waals surface area contributed by atoms with Crippen molar-refractivity contribution in [2.24, 2.45) is 7.05 Å². The van der Waals surface area contributed by atoms with Crippen molar-refractivity contribution in [1.82, 2.24) is 24.6 Å². The highest BCUT2D eigenvalue weighted by Crippen LogP contribution is 2.24. The van der Waals surface area contributed by atoms with Gasteiger partial charge in [0.2, 0.25) is 5.91 Å². The van der Waals surface area contributed by atoms with E-state index in [1.54, 1.807) is 10.9 Å². The minimum Gasteiger partial charge on any atom is -0.372 e. The van der Waals surface area contributed by atoms with Crippen molar-refractivity contribution in [2.45, 2.75) is 31.1 Å². The van der Waals surface area contributed by atoms with E-state index in [0.29, 0.717) is 18.8 Å². The molecule has 1 aliphatic heterocycles. The van der Waals surface area contributed by atoms with Crippen LogP contribution >= 0.6 is 11.8 Å². The number of morpholine rings is 1. The van der Waals surface area contributed by atoms with E-state index in [2.05, 4.69) is 15.1 Å². The number of carbonyl (C=O) groups excluding carboxylic acids is 1. The minimum absolute atomic E-state index is 0.0850. The number of rotatable bonds is 3. The molecule has 1 fully saturated rings. The van der Waals surface area contributed by atoms with E-state index >= 15 is 0 Å². The normalized spacial score (nSPS) is 22.2. The van der Waals surface area contributed by atoms with Crippen LogP contribution in [-0.4, -0.2) is 61.6 Å². The number of fused-ring (bicyclic) bond motifs is 1. The Morgan fingerprint density at radius 2 is 2.09 bits per heavy atom. The quantitative estimate of drug-likeness (QED) is 0.622. The molecule has 0 bridgehead atoms. The molecule has 3 rings (SSSR count). The van der Waals surface area contributed by atoms with Crippen LogP contribution in [0.3, 0.4) is 0 Å². The zero-order valence-electron chi connectivity index (χ0n) is 12.9. The summed E-state index contributed by atoms with van der Waals surface area (Å²) in [6, 6.07) is 0. The molecule has 0 unspecified atom stereocenters.